The highest BCUT2D eigenvalue weighted by molar-refractivity contribution is 5.78. The molecule has 1 aliphatic heterocycles. The van der Waals surface area contributed by atoms with Crippen molar-refractivity contribution < 1.29 is 4.79 Å². The summed E-state index contributed by atoms with van der Waals surface area (Å²) in [6, 6.07) is 10.5. The average Bonchev–Trinajstić information content (AvgIpc) is 2.89. The van der Waals surface area contributed by atoms with Gasteiger partial charge in [0.05, 0.1) is 6.54 Å². The Morgan fingerprint density at radius 1 is 1.39 bits per heavy atom. The lowest BCUT2D eigenvalue weighted by Gasteiger charge is -2.17. The molecule has 3 nitrogen and oxygen atoms in total. The van der Waals surface area contributed by atoms with Crippen molar-refractivity contribution in [3.63, 3.8) is 0 Å². The minimum absolute atomic E-state index is 0.238. The Labute approximate surface area is 109 Å². The quantitative estimate of drug-likeness (QED) is 0.806. The van der Waals surface area contributed by atoms with Crippen LogP contribution >= 0.6 is 0 Å². The van der Waals surface area contributed by atoms with E-state index in [1.165, 1.54) is 5.56 Å². The van der Waals surface area contributed by atoms with Gasteiger partial charge in [-0.1, -0.05) is 37.3 Å². The van der Waals surface area contributed by atoms with E-state index in [4.69, 9.17) is 0 Å². The Balaban J connectivity index is 1.83. The number of carbonyl (C=O) groups excluding carboxylic acids is 1. The first-order valence-electron chi connectivity index (χ1n) is 6.84. The van der Waals surface area contributed by atoms with Crippen LogP contribution in [-0.4, -0.2) is 37.0 Å². The van der Waals surface area contributed by atoms with Gasteiger partial charge in [0.1, 0.15) is 0 Å². The average molecular weight is 246 g/mol. The Morgan fingerprint density at radius 2 is 2.17 bits per heavy atom. The molecule has 1 saturated heterocycles. The molecule has 1 N–H and O–H groups in total. The Kier molecular flexibility index (Phi) is 4.76. The van der Waals surface area contributed by atoms with E-state index < -0.39 is 0 Å². The van der Waals surface area contributed by atoms with Crippen LogP contribution in [0.5, 0.6) is 0 Å². The van der Waals surface area contributed by atoms with Crippen LogP contribution in [-0.2, 0) is 4.79 Å². The Bertz CT molecular complexity index is 377. The summed E-state index contributed by atoms with van der Waals surface area (Å²) in [5.41, 5.74) is 1.36. The zero-order chi connectivity index (χ0) is 12.8. The Morgan fingerprint density at radius 3 is 2.89 bits per heavy atom. The van der Waals surface area contributed by atoms with Crippen molar-refractivity contribution in [2.45, 2.75) is 25.7 Å². The summed E-state index contributed by atoms with van der Waals surface area (Å²) in [6.07, 6.45) is 2.16. The number of rotatable bonds is 5. The number of amides is 1. The first-order valence-corrected chi connectivity index (χ1v) is 6.84. The minimum Gasteiger partial charge on any atom is -0.341 e. The molecule has 1 heterocycles. The number of nitrogens with zero attached hydrogens (tertiary/aromatic N) is 1. The summed E-state index contributed by atoms with van der Waals surface area (Å²) >= 11 is 0. The molecule has 98 valence electrons. The van der Waals surface area contributed by atoms with Crippen LogP contribution in [0.15, 0.2) is 30.3 Å². The SMILES string of the molecule is CCCNCC(=O)N1CCC(c2ccccc2)C1. The van der Waals surface area contributed by atoms with E-state index in [0.29, 0.717) is 12.5 Å². The van der Waals surface area contributed by atoms with Crippen molar-refractivity contribution in [3.05, 3.63) is 35.9 Å². The van der Waals surface area contributed by atoms with E-state index in [-0.39, 0.29) is 5.91 Å². The van der Waals surface area contributed by atoms with Crippen LogP contribution in [0.3, 0.4) is 0 Å². The smallest absolute Gasteiger partial charge is 0.236 e. The van der Waals surface area contributed by atoms with Gasteiger partial charge in [-0.15, -0.1) is 0 Å². The van der Waals surface area contributed by atoms with E-state index >= 15 is 0 Å². The van der Waals surface area contributed by atoms with E-state index in [0.717, 1.165) is 32.5 Å². The lowest BCUT2D eigenvalue weighted by Crippen LogP contribution is -2.36. The lowest BCUT2D eigenvalue weighted by molar-refractivity contribution is -0.129. The fourth-order valence-corrected chi connectivity index (χ4v) is 2.47. The van der Waals surface area contributed by atoms with E-state index in [9.17, 15) is 4.79 Å². The summed E-state index contributed by atoms with van der Waals surface area (Å²) in [5, 5.41) is 3.18. The number of benzene rings is 1. The van der Waals surface area contributed by atoms with Crippen LogP contribution in [0, 0.1) is 0 Å². The molecule has 0 radical (unpaired) electrons. The zero-order valence-corrected chi connectivity index (χ0v) is 11.1. The number of likely N-dealkylation sites (tertiary alicyclic amines) is 1. The van der Waals surface area contributed by atoms with Crippen molar-refractivity contribution in [3.8, 4) is 0 Å². The molecule has 1 atom stereocenters. The van der Waals surface area contributed by atoms with Crippen LogP contribution in [0.2, 0.25) is 0 Å². The molecule has 0 aromatic heterocycles. The van der Waals surface area contributed by atoms with Crippen molar-refractivity contribution in [2.75, 3.05) is 26.2 Å². The summed E-state index contributed by atoms with van der Waals surface area (Å²) in [5.74, 6) is 0.753. The van der Waals surface area contributed by atoms with E-state index in [2.05, 4.69) is 36.5 Å². The molecule has 1 aromatic rings. The number of nitrogens with one attached hydrogen (secondary N) is 1. The maximum absolute atomic E-state index is 12.0. The molecule has 18 heavy (non-hydrogen) atoms. The largest absolute Gasteiger partial charge is 0.341 e. The van der Waals surface area contributed by atoms with Crippen LogP contribution in [0.4, 0.5) is 0 Å². The molecule has 1 aliphatic rings. The van der Waals surface area contributed by atoms with Crippen LogP contribution in [0.1, 0.15) is 31.2 Å². The van der Waals surface area contributed by atoms with Gasteiger partial charge in [-0.2, -0.15) is 0 Å². The normalized spacial score (nSPS) is 19.2. The van der Waals surface area contributed by atoms with E-state index in [1.54, 1.807) is 0 Å². The first-order chi connectivity index (χ1) is 8.81. The third kappa shape index (κ3) is 3.33. The predicted octanol–water partition coefficient (Wildman–Crippen LogP) is 2.00. The van der Waals surface area contributed by atoms with Gasteiger partial charge in [-0.3, -0.25) is 4.79 Å². The van der Waals surface area contributed by atoms with Gasteiger partial charge in [0.25, 0.3) is 0 Å². The Hall–Kier alpha value is -1.35. The molecule has 0 spiro atoms. The molecule has 1 fully saturated rings. The van der Waals surface area contributed by atoms with Gasteiger partial charge < -0.3 is 10.2 Å². The second-order valence-corrected chi connectivity index (χ2v) is 4.91. The molecular formula is C15H22N2O. The van der Waals surface area contributed by atoms with Gasteiger partial charge in [-0.25, -0.2) is 0 Å². The summed E-state index contributed by atoms with van der Waals surface area (Å²) in [6.45, 7) is 5.28. The molecule has 0 aliphatic carbocycles. The molecule has 3 heteroatoms. The molecule has 1 unspecified atom stereocenters. The topological polar surface area (TPSA) is 32.3 Å². The molecule has 0 bridgehead atoms. The molecule has 2 rings (SSSR count). The van der Waals surface area contributed by atoms with Gasteiger partial charge in [0, 0.05) is 19.0 Å². The van der Waals surface area contributed by atoms with Crippen molar-refractivity contribution in [2.24, 2.45) is 0 Å². The minimum atomic E-state index is 0.238. The highest BCUT2D eigenvalue weighted by Gasteiger charge is 2.26. The summed E-state index contributed by atoms with van der Waals surface area (Å²) in [7, 11) is 0. The zero-order valence-electron chi connectivity index (χ0n) is 11.1. The summed E-state index contributed by atoms with van der Waals surface area (Å²) < 4.78 is 0. The predicted molar refractivity (Wildman–Crippen MR) is 73.5 cm³/mol. The number of hydrogen-bond donors (Lipinski definition) is 1. The van der Waals surface area contributed by atoms with Crippen LogP contribution in [0.25, 0.3) is 0 Å². The van der Waals surface area contributed by atoms with Gasteiger partial charge in [-0.05, 0) is 24.9 Å². The fraction of sp³-hybridized carbons (Fsp3) is 0.533. The first kappa shape index (κ1) is 13.1. The van der Waals surface area contributed by atoms with Crippen LogP contribution < -0.4 is 5.32 Å². The van der Waals surface area contributed by atoms with Crippen molar-refractivity contribution in [1.29, 1.82) is 0 Å². The maximum atomic E-state index is 12.0. The highest BCUT2D eigenvalue weighted by Crippen LogP contribution is 2.26. The van der Waals surface area contributed by atoms with Gasteiger partial charge in [0.2, 0.25) is 5.91 Å². The van der Waals surface area contributed by atoms with Crippen molar-refractivity contribution >= 4 is 5.91 Å². The molecule has 1 aromatic carbocycles. The van der Waals surface area contributed by atoms with Crippen molar-refractivity contribution in [1.82, 2.24) is 10.2 Å². The second kappa shape index (κ2) is 6.55. The highest BCUT2D eigenvalue weighted by atomic mass is 16.2. The summed E-state index contributed by atoms with van der Waals surface area (Å²) in [4.78, 5) is 13.9. The molecular weight excluding hydrogens is 224 g/mol. The molecule has 1 amide bonds. The monoisotopic (exact) mass is 246 g/mol. The molecule has 0 saturated carbocycles. The second-order valence-electron chi connectivity index (χ2n) is 4.91. The van der Waals surface area contributed by atoms with Gasteiger partial charge >= 0.3 is 0 Å². The number of hydrogen-bond acceptors (Lipinski definition) is 2. The lowest BCUT2D eigenvalue weighted by atomic mass is 9.99. The maximum Gasteiger partial charge on any atom is 0.236 e. The van der Waals surface area contributed by atoms with Gasteiger partial charge in [0.15, 0.2) is 0 Å². The van der Waals surface area contributed by atoms with E-state index in [1.807, 2.05) is 11.0 Å². The third-order valence-corrected chi connectivity index (χ3v) is 3.51. The third-order valence-electron chi connectivity index (χ3n) is 3.51. The standard InChI is InChI=1S/C15H22N2O/c1-2-9-16-11-15(18)17-10-8-14(12-17)13-6-4-3-5-7-13/h3-7,14,16H,2,8-12H2,1H3. The number of carbonyl (C=O) groups is 1. The fourth-order valence-electron chi connectivity index (χ4n) is 2.47.